The van der Waals surface area contributed by atoms with Gasteiger partial charge in [0.05, 0.1) is 12.1 Å². The van der Waals surface area contributed by atoms with Crippen LogP contribution in [0.1, 0.15) is 5.89 Å². The van der Waals surface area contributed by atoms with Gasteiger partial charge in [-0.1, -0.05) is 5.16 Å². The van der Waals surface area contributed by atoms with Gasteiger partial charge in [0.25, 0.3) is 0 Å². The summed E-state index contributed by atoms with van der Waals surface area (Å²) in [6, 6.07) is 2.77. The number of aromatic nitrogens is 2. The average molecular weight is 237 g/mol. The molecule has 0 fully saturated rings. The van der Waals surface area contributed by atoms with Gasteiger partial charge in [-0.2, -0.15) is 4.98 Å². The predicted molar refractivity (Wildman–Crippen MR) is 53.7 cm³/mol. The molecule has 1 aliphatic rings. The van der Waals surface area contributed by atoms with E-state index in [9.17, 15) is 4.39 Å². The minimum Gasteiger partial charge on any atom is -0.453 e. The van der Waals surface area contributed by atoms with Crippen LogP contribution in [-0.4, -0.2) is 16.9 Å². The van der Waals surface area contributed by atoms with E-state index in [0.29, 0.717) is 17.3 Å². The van der Waals surface area contributed by atoms with Gasteiger partial charge in [0.1, 0.15) is 0 Å². The molecule has 1 aliphatic heterocycles. The van der Waals surface area contributed by atoms with Gasteiger partial charge in [-0.05, 0) is 12.1 Å². The quantitative estimate of drug-likeness (QED) is 0.840. The van der Waals surface area contributed by atoms with Crippen LogP contribution in [0.25, 0.3) is 11.4 Å². The molecule has 6 nitrogen and oxygen atoms in total. The molecule has 0 radical (unpaired) electrons. The highest BCUT2D eigenvalue weighted by Crippen LogP contribution is 2.42. The van der Waals surface area contributed by atoms with Crippen LogP contribution in [0, 0.1) is 5.82 Å². The van der Waals surface area contributed by atoms with Gasteiger partial charge in [0.15, 0.2) is 11.6 Å². The fourth-order valence-corrected chi connectivity index (χ4v) is 1.59. The van der Waals surface area contributed by atoms with E-state index in [-0.39, 0.29) is 24.8 Å². The Morgan fingerprint density at radius 2 is 2.12 bits per heavy atom. The van der Waals surface area contributed by atoms with Gasteiger partial charge < -0.3 is 19.7 Å². The Kier molecular flexibility index (Phi) is 2.19. The first-order valence-corrected chi connectivity index (χ1v) is 4.90. The summed E-state index contributed by atoms with van der Waals surface area (Å²) < 4.78 is 28.5. The summed E-state index contributed by atoms with van der Waals surface area (Å²) in [6.07, 6.45) is 0. The minimum atomic E-state index is -0.483. The maximum atomic E-state index is 13.4. The molecule has 7 heteroatoms. The molecule has 1 aromatic heterocycles. The Balaban J connectivity index is 2.12. The van der Waals surface area contributed by atoms with Crippen molar-refractivity contribution in [2.45, 2.75) is 6.54 Å². The van der Waals surface area contributed by atoms with Crippen molar-refractivity contribution in [2.75, 3.05) is 6.79 Å². The fraction of sp³-hybridized carbons (Fsp3) is 0.200. The van der Waals surface area contributed by atoms with E-state index < -0.39 is 5.82 Å². The minimum absolute atomic E-state index is 0.0230. The molecule has 0 atom stereocenters. The van der Waals surface area contributed by atoms with E-state index in [1.807, 2.05) is 0 Å². The van der Waals surface area contributed by atoms with Crippen molar-refractivity contribution < 1.29 is 18.4 Å². The molecule has 17 heavy (non-hydrogen) atoms. The second-order valence-corrected chi connectivity index (χ2v) is 3.38. The Labute approximate surface area is 95.1 Å². The van der Waals surface area contributed by atoms with Crippen molar-refractivity contribution >= 4 is 0 Å². The summed E-state index contributed by atoms with van der Waals surface area (Å²) in [5, 5.41) is 3.74. The molecule has 2 N–H and O–H groups in total. The highest BCUT2D eigenvalue weighted by molar-refractivity contribution is 5.69. The Bertz CT molecular complexity index is 570. The van der Waals surface area contributed by atoms with E-state index in [1.165, 1.54) is 12.1 Å². The lowest BCUT2D eigenvalue weighted by molar-refractivity contribution is 0.171. The third-order valence-electron chi connectivity index (χ3n) is 2.35. The highest BCUT2D eigenvalue weighted by atomic mass is 19.1. The third kappa shape index (κ3) is 1.51. The molecular weight excluding hydrogens is 229 g/mol. The summed E-state index contributed by atoms with van der Waals surface area (Å²) in [6.45, 7) is 0.124. The number of ether oxygens (including phenoxy) is 2. The smallest absolute Gasteiger partial charge is 0.240 e. The molecule has 0 saturated heterocycles. The van der Waals surface area contributed by atoms with Crippen molar-refractivity contribution in [1.82, 2.24) is 10.1 Å². The van der Waals surface area contributed by atoms with E-state index in [2.05, 4.69) is 10.1 Å². The number of hydrogen-bond donors (Lipinski definition) is 1. The lowest BCUT2D eigenvalue weighted by Gasteiger charge is -2.01. The normalized spacial score (nSPS) is 13.1. The van der Waals surface area contributed by atoms with E-state index >= 15 is 0 Å². The number of fused-ring (bicyclic) bond motifs is 1. The van der Waals surface area contributed by atoms with E-state index in [4.69, 9.17) is 19.7 Å². The standard InChI is InChI=1S/C10H8FN3O3/c11-6-2-1-5(8-9(6)16-4-15-8)10-13-7(3-12)17-14-10/h1-2H,3-4,12H2. The van der Waals surface area contributed by atoms with Crippen LogP contribution in [0.3, 0.4) is 0 Å². The zero-order chi connectivity index (χ0) is 11.8. The second-order valence-electron chi connectivity index (χ2n) is 3.38. The highest BCUT2D eigenvalue weighted by Gasteiger charge is 2.25. The summed E-state index contributed by atoms with van der Waals surface area (Å²) in [7, 11) is 0. The van der Waals surface area contributed by atoms with Crippen LogP contribution in [-0.2, 0) is 6.54 Å². The molecule has 1 aromatic carbocycles. The number of halogens is 1. The molecule has 0 spiro atoms. The van der Waals surface area contributed by atoms with Crippen molar-refractivity contribution in [3.8, 4) is 22.9 Å². The van der Waals surface area contributed by atoms with Crippen molar-refractivity contribution in [3.63, 3.8) is 0 Å². The first-order chi connectivity index (χ1) is 8.29. The zero-order valence-electron chi connectivity index (χ0n) is 8.64. The Morgan fingerprint density at radius 1 is 1.29 bits per heavy atom. The lowest BCUT2D eigenvalue weighted by atomic mass is 10.1. The molecule has 2 heterocycles. The fourth-order valence-electron chi connectivity index (χ4n) is 1.59. The van der Waals surface area contributed by atoms with Crippen molar-refractivity contribution in [3.05, 3.63) is 23.8 Å². The van der Waals surface area contributed by atoms with E-state index in [0.717, 1.165) is 0 Å². The van der Waals surface area contributed by atoms with Gasteiger partial charge in [-0.15, -0.1) is 0 Å². The van der Waals surface area contributed by atoms with Gasteiger partial charge in [0.2, 0.25) is 24.3 Å². The lowest BCUT2D eigenvalue weighted by Crippen LogP contribution is -1.96. The average Bonchev–Trinajstić information content (AvgIpc) is 2.98. The van der Waals surface area contributed by atoms with Crippen LogP contribution in [0.4, 0.5) is 4.39 Å². The summed E-state index contributed by atoms with van der Waals surface area (Å²) in [5.74, 6) is 0.476. The summed E-state index contributed by atoms with van der Waals surface area (Å²) in [4.78, 5) is 4.05. The number of benzene rings is 1. The number of hydrogen-bond acceptors (Lipinski definition) is 6. The topological polar surface area (TPSA) is 83.4 Å². The molecule has 0 amide bonds. The van der Waals surface area contributed by atoms with Crippen LogP contribution in [0.15, 0.2) is 16.7 Å². The van der Waals surface area contributed by atoms with Crippen molar-refractivity contribution in [2.24, 2.45) is 5.73 Å². The molecule has 0 unspecified atom stereocenters. The number of nitrogens with two attached hydrogens (primary N) is 1. The molecule has 88 valence electrons. The molecule has 0 bridgehead atoms. The molecule has 2 aromatic rings. The van der Waals surface area contributed by atoms with Crippen LogP contribution in [0.5, 0.6) is 11.5 Å². The molecule has 3 rings (SSSR count). The summed E-state index contributed by atoms with van der Waals surface area (Å²) >= 11 is 0. The van der Waals surface area contributed by atoms with Crippen LogP contribution in [0.2, 0.25) is 0 Å². The van der Waals surface area contributed by atoms with Gasteiger partial charge in [-0.3, -0.25) is 0 Å². The largest absolute Gasteiger partial charge is 0.453 e. The maximum absolute atomic E-state index is 13.4. The third-order valence-corrected chi connectivity index (χ3v) is 2.35. The van der Waals surface area contributed by atoms with Crippen LogP contribution >= 0.6 is 0 Å². The SMILES string of the molecule is NCc1nc(-c2ccc(F)c3c2OCO3)no1. The van der Waals surface area contributed by atoms with E-state index in [1.54, 1.807) is 0 Å². The molecular formula is C10H8FN3O3. The number of nitrogens with zero attached hydrogens (tertiary/aromatic N) is 2. The van der Waals surface area contributed by atoms with Gasteiger partial charge >= 0.3 is 0 Å². The monoisotopic (exact) mass is 237 g/mol. The predicted octanol–water partition coefficient (Wildman–Crippen LogP) is 1.06. The molecule has 0 aliphatic carbocycles. The van der Waals surface area contributed by atoms with Crippen LogP contribution < -0.4 is 15.2 Å². The van der Waals surface area contributed by atoms with Gasteiger partial charge in [0, 0.05) is 0 Å². The first kappa shape index (κ1) is 10.0. The maximum Gasteiger partial charge on any atom is 0.240 e. The summed E-state index contributed by atoms with van der Waals surface area (Å²) in [5.41, 5.74) is 5.88. The first-order valence-electron chi connectivity index (χ1n) is 4.90. The number of rotatable bonds is 2. The van der Waals surface area contributed by atoms with Crippen molar-refractivity contribution in [1.29, 1.82) is 0 Å². The van der Waals surface area contributed by atoms with Gasteiger partial charge in [-0.25, -0.2) is 4.39 Å². The Morgan fingerprint density at radius 3 is 2.88 bits per heavy atom. The zero-order valence-corrected chi connectivity index (χ0v) is 8.64. The molecule has 0 saturated carbocycles. The Hall–Kier alpha value is -2.15. The second kappa shape index (κ2) is 3.70.